The van der Waals surface area contributed by atoms with Gasteiger partial charge in [-0.25, -0.2) is 0 Å². The van der Waals surface area contributed by atoms with Crippen LogP contribution in [0.25, 0.3) is 12.2 Å². The number of aromatic amines is 1. The van der Waals surface area contributed by atoms with Crippen LogP contribution in [-0.4, -0.2) is 4.98 Å². The Kier molecular flexibility index (Phi) is 3.13. The fourth-order valence-electron chi connectivity index (χ4n) is 1.58. The molecule has 0 aliphatic heterocycles. The zero-order valence-electron chi connectivity index (χ0n) is 8.81. The van der Waals surface area contributed by atoms with E-state index in [4.69, 9.17) is 0 Å². The summed E-state index contributed by atoms with van der Waals surface area (Å²) in [6.45, 7) is 8.30. The van der Waals surface area contributed by atoms with E-state index in [0.29, 0.717) is 0 Å². The van der Waals surface area contributed by atoms with E-state index < -0.39 is 0 Å². The summed E-state index contributed by atoms with van der Waals surface area (Å²) in [5.41, 5.74) is 5.09. The van der Waals surface area contributed by atoms with Gasteiger partial charge in [0.2, 0.25) is 0 Å². The molecule has 1 heteroatoms. The van der Waals surface area contributed by atoms with E-state index in [1.807, 2.05) is 13.8 Å². The molecule has 1 aromatic heterocycles. The Labute approximate surface area is 80.2 Å². The molecule has 0 saturated carbocycles. The van der Waals surface area contributed by atoms with Crippen molar-refractivity contribution in [3.8, 4) is 0 Å². The molecule has 0 unspecified atom stereocenters. The van der Waals surface area contributed by atoms with Gasteiger partial charge in [-0.3, -0.25) is 0 Å². The van der Waals surface area contributed by atoms with Crippen molar-refractivity contribution < 1.29 is 0 Å². The van der Waals surface area contributed by atoms with Crippen molar-refractivity contribution in [3.63, 3.8) is 0 Å². The van der Waals surface area contributed by atoms with Crippen molar-refractivity contribution in [3.05, 3.63) is 34.7 Å². The van der Waals surface area contributed by atoms with Crippen LogP contribution in [0.4, 0.5) is 0 Å². The molecule has 1 nitrogen and oxygen atoms in total. The number of aryl methyl sites for hydroxylation is 2. The summed E-state index contributed by atoms with van der Waals surface area (Å²) in [4.78, 5) is 3.34. The Morgan fingerprint density at radius 1 is 0.846 bits per heavy atom. The maximum atomic E-state index is 3.34. The zero-order valence-corrected chi connectivity index (χ0v) is 8.81. The fraction of sp³-hybridized carbons (Fsp3) is 0.333. The fourth-order valence-corrected chi connectivity index (χ4v) is 1.58. The summed E-state index contributed by atoms with van der Waals surface area (Å²) < 4.78 is 0. The summed E-state index contributed by atoms with van der Waals surface area (Å²) >= 11 is 0. The standard InChI is InChI=1S/C12H17N/c1-5-7-11-9(3)13-10(4)12(11)8-6-2/h5-8,13H,1-4H3/b7-5-,8-6-. The molecular weight excluding hydrogens is 158 g/mol. The summed E-state index contributed by atoms with van der Waals surface area (Å²) in [5, 5.41) is 0. The molecule has 0 fully saturated rings. The highest BCUT2D eigenvalue weighted by molar-refractivity contribution is 5.69. The van der Waals surface area contributed by atoms with Crippen LogP contribution in [0.3, 0.4) is 0 Å². The molecule has 1 rings (SSSR count). The van der Waals surface area contributed by atoms with Crippen LogP contribution in [0.15, 0.2) is 12.2 Å². The van der Waals surface area contributed by atoms with Crippen molar-refractivity contribution in [2.75, 3.05) is 0 Å². The van der Waals surface area contributed by atoms with E-state index in [9.17, 15) is 0 Å². The minimum atomic E-state index is 1.24. The average molecular weight is 175 g/mol. The average Bonchev–Trinajstić information content (AvgIpc) is 2.33. The lowest BCUT2D eigenvalue weighted by molar-refractivity contribution is 1.18. The second kappa shape index (κ2) is 4.13. The van der Waals surface area contributed by atoms with Crippen LogP contribution in [0.1, 0.15) is 36.4 Å². The van der Waals surface area contributed by atoms with E-state index in [1.165, 1.54) is 22.5 Å². The lowest BCUT2D eigenvalue weighted by Crippen LogP contribution is -1.77. The van der Waals surface area contributed by atoms with Crippen LogP contribution in [0, 0.1) is 13.8 Å². The predicted molar refractivity (Wildman–Crippen MR) is 59.7 cm³/mol. The number of hydrogen-bond donors (Lipinski definition) is 1. The van der Waals surface area contributed by atoms with Crippen molar-refractivity contribution in [2.45, 2.75) is 27.7 Å². The SMILES string of the molecule is C/C=C\c1c(C)[nH]c(C)c1/C=C\C. The normalized spacial score (nSPS) is 12.0. The van der Waals surface area contributed by atoms with E-state index in [-0.39, 0.29) is 0 Å². The highest BCUT2D eigenvalue weighted by Crippen LogP contribution is 2.21. The van der Waals surface area contributed by atoms with Gasteiger partial charge >= 0.3 is 0 Å². The molecule has 1 N–H and O–H groups in total. The molecule has 0 radical (unpaired) electrons. The molecule has 0 spiro atoms. The zero-order chi connectivity index (χ0) is 9.84. The number of hydrogen-bond acceptors (Lipinski definition) is 0. The van der Waals surface area contributed by atoms with Gasteiger partial charge < -0.3 is 4.98 Å². The third-order valence-electron chi connectivity index (χ3n) is 2.14. The topological polar surface area (TPSA) is 15.8 Å². The molecule has 1 heterocycles. The molecule has 0 saturated heterocycles. The Morgan fingerprint density at radius 2 is 1.23 bits per heavy atom. The maximum absolute atomic E-state index is 3.34. The largest absolute Gasteiger partial charge is 0.362 e. The molecule has 0 amide bonds. The second-order valence-electron chi connectivity index (χ2n) is 3.20. The minimum Gasteiger partial charge on any atom is -0.362 e. The molecule has 0 aromatic carbocycles. The van der Waals surface area contributed by atoms with Gasteiger partial charge in [-0.2, -0.15) is 0 Å². The van der Waals surface area contributed by atoms with Crippen LogP contribution >= 0.6 is 0 Å². The first-order valence-corrected chi connectivity index (χ1v) is 4.65. The highest BCUT2D eigenvalue weighted by atomic mass is 14.7. The first-order valence-electron chi connectivity index (χ1n) is 4.65. The quantitative estimate of drug-likeness (QED) is 0.705. The van der Waals surface area contributed by atoms with Crippen molar-refractivity contribution in [1.82, 2.24) is 4.98 Å². The van der Waals surface area contributed by atoms with Crippen molar-refractivity contribution in [2.24, 2.45) is 0 Å². The molecule has 0 aliphatic carbocycles. The maximum Gasteiger partial charge on any atom is 0.0197 e. The van der Waals surface area contributed by atoms with Gasteiger partial charge in [-0.15, -0.1) is 0 Å². The number of H-pyrrole nitrogens is 1. The number of aromatic nitrogens is 1. The van der Waals surface area contributed by atoms with E-state index in [1.54, 1.807) is 0 Å². The molecule has 0 aliphatic rings. The Balaban J connectivity index is 3.28. The first kappa shape index (κ1) is 9.85. The Bertz CT molecular complexity index is 308. The van der Waals surface area contributed by atoms with Gasteiger partial charge in [0.15, 0.2) is 0 Å². The summed E-state index contributed by atoms with van der Waals surface area (Å²) in [6, 6.07) is 0. The van der Waals surface area contributed by atoms with Gasteiger partial charge in [0.25, 0.3) is 0 Å². The van der Waals surface area contributed by atoms with Crippen molar-refractivity contribution >= 4 is 12.2 Å². The summed E-state index contributed by atoms with van der Waals surface area (Å²) in [5.74, 6) is 0. The third kappa shape index (κ3) is 1.92. The van der Waals surface area contributed by atoms with Crippen LogP contribution in [-0.2, 0) is 0 Å². The van der Waals surface area contributed by atoms with E-state index in [0.717, 1.165) is 0 Å². The Morgan fingerprint density at radius 3 is 1.54 bits per heavy atom. The Hall–Kier alpha value is -1.24. The van der Waals surface area contributed by atoms with Gasteiger partial charge in [-0.1, -0.05) is 24.3 Å². The summed E-state index contributed by atoms with van der Waals surface area (Å²) in [7, 11) is 0. The molecular formula is C12H17N. The minimum absolute atomic E-state index is 1.24. The predicted octanol–water partition coefficient (Wildman–Crippen LogP) is 3.70. The summed E-state index contributed by atoms with van der Waals surface area (Å²) in [6.07, 6.45) is 8.44. The molecule has 13 heavy (non-hydrogen) atoms. The van der Waals surface area contributed by atoms with Crippen LogP contribution in [0.2, 0.25) is 0 Å². The van der Waals surface area contributed by atoms with Crippen LogP contribution < -0.4 is 0 Å². The molecule has 70 valence electrons. The monoisotopic (exact) mass is 175 g/mol. The van der Waals surface area contributed by atoms with Crippen LogP contribution in [0.5, 0.6) is 0 Å². The molecule has 0 bridgehead atoms. The number of nitrogens with one attached hydrogen (secondary N) is 1. The first-order chi connectivity index (χ1) is 6.20. The van der Waals surface area contributed by atoms with Crippen molar-refractivity contribution in [1.29, 1.82) is 0 Å². The molecule has 0 atom stereocenters. The highest BCUT2D eigenvalue weighted by Gasteiger charge is 2.05. The number of rotatable bonds is 2. The van der Waals surface area contributed by atoms with Gasteiger partial charge in [0, 0.05) is 22.5 Å². The van der Waals surface area contributed by atoms with Gasteiger partial charge in [-0.05, 0) is 27.7 Å². The number of allylic oxidation sites excluding steroid dienone is 2. The van der Waals surface area contributed by atoms with Gasteiger partial charge in [0.1, 0.15) is 0 Å². The lowest BCUT2D eigenvalue weighted by Gasteiger charge is -1.94. The second-order valence-corrected chi connectivity index (χ2v) is 3.20. The lowest BCUT2D eigenvalue weighted by atomic mass is 10.1. The smallest absolute Gasteiger partial charge is 0.0197 e. The van der Waals surface area contributed by atoms with E-state index in [2.05, 4.69) is 43.1 Å². The third-order valence-corrected chi connectivity index (χ3v) is 2.14. The molecule has 1 aromatic rings. The van der Waals surface area contributed by atoms with E-state index >= 15 is 0 Å². The van der Waals surface area contributed by atoms with Gasteiger partial charge in [0.05, 0.1) is 0 Å².